The van der Waals surface area contributed by atoms with Gasteiger partial charge in [-0.2, -0.15) is 14.5 Å². The summed E-state index contributed by atoms with van der Waals surface area (Å²) in [7, 11) is 0. The van der Waals surface area contributed by atoms with Crippen LogP contribution in [0.1, 0.15) is 0 Å². The van der Waals surface area contributed by atoms with E-state index >= 15 is 0 Å². The predicted octanol–water partition coefficient (Wildman–Crippen LogP) is -3.26. The van der Waals surface area contributed by atoms with Gasteiger partial charge < -0.3 is 35.6 Å². The van der Waals surface area contributed by atoms with Crippen molar-refractivity contribution in [1.82, 2.24) is 14.5 Å². The van der Waals surface area contributed by atoms with Crippen molar-refractivity contribution in [2.75, 3.05) is 32.3 Å². The molecule has 12 heteroatoms. The van der Waals surface area contributed by atoms with Crippen molar-refractivity contribution in [2.45, 2.75) is 24.5 Å². The van der Waals surface area contributed by atoms with E-state index in [0.717, 1.165) is 0 Å². The van der Waals surface area contributed by atoms with Gasteiger partial charge in [-0.15, -0.1) is 0 Å². The Morgan fingerprint density at radius 1 is 1.36 bits per heavy atom. The van der Waals surface area contributed by atoms with Crippen molar-refractivity contribution in [1.29, 1.82) is 0 Å². The van der Waals surface area contributed by atoms with Gasteiger partial charge in [-0.25, -0.2) is 0 Å². The summed E-state index contributed by atoms with van der Waals surface area (Å²) in [6, 6.07) is 0. The molecule has 0 amide bonds. The van der Waals surface area contributed by atoms with Crippen LogP contribution in [0, 0.1) is 0 Å². The fourth-order valence-corrected chi connectivity index (χ4v) is 2.99. The smallest absolute Gasteiger partial charge is 0.284 e. The number of quaternary nitrogens is 1. The summed E-state index contributed by atoms with van der Waals surface area (Å²) in [4.78, 5) is 22.5. The molecule has 0 aromatic carbocycles. The molecule has 2 aliphatic rings. The van der Waals surface area contributed by atoms with Crippen LogP contribution in [0.5, 0.6) is 0 Å². The van der Waals surface area contributed by atoms with Gasteiger partial charge in [0.05, 0.1) is 19.8 Å². The lowest BCUT2D eigenvalue weighted by atomic mass is 10.1. The first-order valence-corrected chi connectivity index (χ1v) is 7.58. The largest absolute Gasteiger partial charge is 0.394 e. The summed E-state index contributed by atoms with van der Waals surface area (Å²) in [6.07, 6.45) is -3.63. The number of nitrogen functional groups attached to an aromatic ring is 1. The number of aliphatic imine (C=N–C) groups is 1. The third kappa shape index (κ3) is 2.83. The molecule has 1 aromatic heterocycles. The summed E-state index contributed by atoms with van der Waals surface area (Å²) in [5.74, 6) is -0.0836. The summed E-state index contributed by atoms with van der Waals surface area (Å²) < 4.78 is 10.5. The molecule has 0 spiro atoms. The van der Waals surface area contributed by atoms with Gasteiger partial charge in [-0.1, -0.05) is 0 Å². The van der Waals surface area contributed by atoms with Gasteiger partial charge in [0.2, 0.25) is 24.2 Å². The summed E-state index contributed by atoms with van der Waals surface area (Å²) in [6.45, 7) is -0.970. The van der Waals surface area contributed by atoms with Crippen LogP contribution in [0.3, 0.4) is 0 Å². The SMILES string of the molecule is Nc1nc2c(c(=O)[nH]1)N=C[N+]2(COCCO)[C@@H]1O[C@H](CO)[C@@H](O)[C@H]1O. The quantitative estimate of drug-likeness (QED) is 0.224. The number of hydrogen-bond donors (Lipinski definition) is 6. The third-order valence-electron chi connectivity index (χ3n) is 4.19. The third-order valence-corrected chi connectivity index (χ3v) is 4.19. The molecule has 1 saturated heterocycles. The second kappa shape index (κ2) is 6.76. The number of aliphatic hydroxyl groups is 4. The average Bonchev–Trinajstić information content (AvgIpc) is 3.08. The first kappa shape index (κ1) is 17.9. The van der Waals surface area contributed by atoms with Crippen LogP contribution in [0.2, 0.25) is 0 Å². The number of nitrogens with two attached hydrogens (primary N) is 1. The lowest BCUT2D eigenvalue weighted by Crippen LogP contribution is -2.61. The molecule has 3 rings (SSSR count). The minimum absolute atomic E-state index is 0.0172. The topological polar surface area (TPSA) is 184 Å². The molecular weight excluding hydrogens is 338 g/mol. The van der Waals surface area contributed by atoms with E-state index in [9.17, 15) is 20.1 Å². The number of aromatic amines is 1. The van der Waals surface area contributed by atoms with Gasteiger partial charge in [-0.3, -0.25) is 9.78 Å². The van der Waals surface area contributed by atoms with E-state index < -0.39 is 41.2 Å². The monoisotopic (exact) mass is 358 g/mol. The van der Waals surface area contributed by atoms with E-state index in [0.29, 0.717) is 0 Å². The van der Waals surface area contributed by atoms with E-state index in [2.05, 4.69) is 15.0 Å². The van der Waals surface area contributed by atoms with Gasteiger partial charge in [0.1, 0.15) is 12.2 Å². The molecule has 12 nitrogen and oxygen atoms in total. The lowest BCUT2D eigenvalue weighted by Gasteiger charge is -2.35. The highest BCUT2D eigenvalue weighted by molar-refractivity contribution is 5.86. The van der Waals surface area contributed by atoms with Gasteiger partial charge in [0.15, 0.2) is 12.8 Å². The maximum absolute atomic E-state index is 12.1. The number of H-pyrrole nitrogens is 1. The molecule has 0 aliphatic carbocycles. The van der Waals surface area contributed by atoms with Crippen LogP contribution in [-0.2, 0) is 9.47 Å². The van der Waals surface area contributed by atoms with Crippen LogP contribution in [0.4, 0.5) is 17.5 Å². The summed E-state index contributed by atoms with van der Waals surface area (Å²) in [5, 5.41) is 38.7. The number of aromatic nitrogens is 2. The summed E-state index contributed by atoms with van der Waals surface area (Å²) >= 11 is 0. The Hall–Kier alpha value is -1.93. The molecule has 1 fully saturated rings. The van der Waals surface area contributed by atoms with Gasteiger partial charge in [0.25, 0.3) is 11.4 Å². The number of ether oxygens (including phenoxy) is 2. The van der Waals surface area contributed by atoms with Crippen molar-refractivity contribution < 1.29 is 29.9 Å². The zero-order chi connectivity index (χ0) is 18.2. The Morgan fingerprint density at radius 2 is 2.12 bits per heavy atom. The first-order chi connectivity index (χ1) is 11.9. The summed E-state index contributed by atoms with van der Waals surface area (Å²) in [5.41, 5.74) is 5.01. The molecule has 0 saturated carbocycles. The number of anilines is 1. The predicted molar refractivity (Wildman–Crippen MR) is 84.9 cm³/mol. The van der Waals surface area contributed by atoms with E-state index in [1.165, 1.54) is 6.34 Å². The van der Waals surface area contributed by atoms with Gasteiger partial charge in [-0.05, 0) is 0 Å². The van der Waals surface area contributed by atoms with Crippen LogP contribution in [-0.4, -0.2) is 87.8 Å². The Labute approximate surface area is 141 Å². The molecule has 7 N–H and O–H groups in total. The molecule has 0 radical (unpaired) electrons. The van der Waals surface area contributed by atoms with Crippen LogP contribution in [0.25, 0.3) is 0 Å². The lowest BCUT2D eigenvalue weighted by molar-refractivity contribution is -0.0979. The minimum atomic E-state index is -1.41. The fourth-order valence-electron chi connectivity index (χ4n) is 2.99. The molecule has 3 heterocycles. The average molecular weight is 358 g/mol. The highest BCUT2D eigenvalue weighted by Gasteiger charge is 2.58. The second-order valence-corrected chi connectivity index (χ2v) is 5.79. The molecular formula is C13H20N5O7+. The maximum atomic E-state index is 12.1. The van der Waals surface area contributed by atoms with Crippen LogP contribution < -0.4 is 15.8 Å². The Bertz CT molecular complexity index is 725. The first-order valence-electron chi connectivity index (χ1n) is 7.58. The molecule has 2 aliphatic heterocycles. The second-order valence-electron chi connectivity index (χ2n) is 5.79. The molecule has 0 bridgehead atoms. The van der Waals surface area contributed by atoms with E-state index in [1.807, 2.05) is 0 Å². The Balaban J connectivity index is 2.06. The standard InChI is InChI=1S/C13H19N5O7/c14-13-16-10-7(11(23)17-13)15-4-18(10,5-24-2-1-19)12-9(22)8(21)6(3-20)25-12/h4,6,8-9,12,19-22H,1-3,5H2,(H2-,14,16,17,23)/p+1/t6-,8-,9-,12-,18?/m1/s1. The highest BCUT2D eigenvalue weighted by Crippen LogP contribution is 2.40. The number of nitrogens with zero attached hydrogens (tertiary/aromatic N) is 3. The zero-order valence-electron chi connectivity index (χ0n) is 13.1. The van der Waals surface area contributed by atoms with E-state index in [4.69, 9.17) is 20.3 Å². The molecule has 5 atom stereocenters. The number of aliphatic hydroxyl groups excluding tert-OH is 4. The van der Waals surface area contributed by atoms with Crippen molar-refractivity contribution in [3.63, 3.8) is 0 Å². The Morgan fingerprint density at radius 3 is 2.76 bits per heavy atom. The normalized spacial score (nSPS) is 33.8. The number of fused-ring (bicyclic) bond motifs is 1. The molecule has 1 unspecified atom stereocenters. The number of hydrogen-bond acceptors (Lipinski definition) is 10. The van der Waals surface area contributed by atoms with E-state index in [-0.39, 0.29) is 37.4 Å². The van der Waals surface area contributed by atoms with Crippen molar-refractivity contribution in [2.24, 2.45) is 4.99 Å². The zero-order valence-corrected chi connectivity index (χ0v) is 13.1. The molecule has 1 aromatic rings. The van der Waals surface area contributed by atoms with Crippen molar-refractivity contribution in [3.8, 4) is 0 Å². The minimum Gasteiger partial charge on any atom is -0.394 e. The Kier molecular flexibility index (Phi) is 4.83. The van der Waals surface area contributed by atoms with E-state index in [1.54, 1.807) is 0 Å². The molecule has 138 valence electrons. The van der Waals surface area contributed by atoms with Crippen LogP contribution in [0.15, 0.2) is 9.79 Å². The molecule has 25 heavy (non-hydrogen) atoms. The van der Waals surface area contributed by atoms with Crippen LogP contribution >= 0.6 is 0 Å². The number of rotatable bonds is 6. The van der Waals surface area contributed by atoms with Crippen molar-refractivity contribution in [3.05, 3.63) is 10.4 Å². The highest BCUT2D eigenvalue weighted by atomic mass is 16.6. The number of nitrogens with one attached hydrogen (secondary N) is 1. The van der Waals surface area contributed by atoms with Gasteiger partial charge >= 0.3 is 0 Å². The van der Waals surface area contributed by atoms with Gasteiger partial charge in [0, 0.05) is 0 Å². The van der Waals surface area contributed by atoms with Crippen molar-refractivity contribution >= 4 is 23.8 Å². The fraction of sp³-hybridized carbons (Fsp3) is 0.615. The maximum Gasteiger partial charge on any atom is 0.284 e.